The molecular weight excluding hydrogens is 300 g/mol. The Labute approximate surface area is 131 Å². The predicted octanol–water partition coefficient (Wildman–Crippen LogP) is 2.83. The number of hydrogen-bond donors (Lipinski definition) is 1. The minimum absolute atomic E-state index is 0.956. The van der Waals surface area contributed by atoms with Gasteiger partial charge in [-0.1, -0.05) is 12.1 Å². The molecule has 1 aliphatic heterocycles. The van der Waals surface area contributed by atoms with Gasteiger partial charge in [0.25, 0.3) is 0 Å². The Bertz CT molecular complexity index is 710. The first-order chi connectivity index (χ1) is 10.4. The van der Waals surface area contributed by atoms with Gasteiger partial charge in [0.15, 0.2) is 0 Å². The Kier molecular flexibility index (Phi) is 3.69. The van der Waals surface area contributed by atoms with E-state index in [0.29, 0.717) is 0 Å². The van der Waals surface area contributed by atoms with Gasteiger partial charge in [0, 0.05) is 31.6 Å². The minimum Gasteiger partial charge on any atom is -0.314 e. The van der Waals surface area contributed by atoms with E-state index in [9.17, 15) is 0 Å². The molecule has 2 aromatic heterocycles. The van der Waals surface area contributed by atoms with Crippen LogP contribution in [0.4, 0.5) is 0 Å². The Morgan fingerprint density at radius 2 is 2.00 bits per heavy atom. The smallest absolute Gasteiger partial charge is 0.143 e. The van der Waals surface area contributed by atoms with Gasteiger partial charge < -0.3 is 5.32 Å². The molecule has 1 aromatic carbocycles. The molecule has 0 atom stereocenters. The van der Waals surface area contributed by atoms with Crippen molar-refractivity contribution in [3.8, 4) is 10.7 Å². The number of para-hydroxylation sites is 1. The summed E-state index contributed by atoms with van der Waals surface area (Å²) in [6, 6.07) is 8.26. The van der Waals surface area contributed by atoms with Gasteiger partial charge in [-0.15, -0.1) is 22.7 Å². The van der Waals surface area contributed by atoms with Gasteiger partial charge in [0.1, 0.15) is 15.7 Å². The summed E-state index contributed by atoms with van der Waals surface area (Å²) in [4.78, 5) is 11.9. The standard InChI is InChI=1S/C15H16N4S2/c1-2-4-13-11(3-1)18-15(21-13)12-10-20-14(17-12)9-19-7-5-16-6-8-19/h1-4,10,16H,5-9H2. The molecule has 108 valence electrons. The number of fused-ring (bicyclic) bond motifs is 1. The van der Waals surface area contributed by atoms with Gasteiger partial charge in [-0.3, -0.25) is 4.90 Å². The Balaban J connectivity index is 1.55. The zero-order valence-corrected chi connectivity index (χ0v) is 13.2. The van der Waals surface area contributed by atoms with Crippen molar-refractivity contribution in [2.75, 3.05) is 26.2 Å². The summed E-state index contributed by atoms with van der Waals surface area (Å²) in [6.45, 7) is 5.33. The molecule has 1 saturated heterocycles. The van der Waals surface area contributed by atoms with E-state index in [1.807, 2.05) is 6.07 Å². The van der Waals surface area contributed by atoms with E-state index in [2.05, 4.69) is 38.8 Å². The first kappa shape index (κ1) is 13.3. The number of aromatic nitrogens is 2. The summed E-state index contributed by atoms with van der Waals surface area (Å²) in [5, 5.41) is 7.73. The molecule has 0 aliphatic carbocycles. The number of thiazole rings is 2. The van der Waals surface area contributed by atoms with Crippen LogP contribution < -0.4 is 5.32 Å². The molecule has 6 heteroatoms. The van der Waals surface area contributed by atoms with E-state index in [4.69, 9.17) is 4.98 Å². The van der Waals surface area contributed by atoms with Gasteiger partial charge in [0.2, 0.25) is 0 Å². The summed E-state index contributed by atoms with van der Waals surface area (Å²) in [7, 11) is 0. The van der Waals surface area contributed by atoms with Crippen molar-refractivity contribution in [2.45, 2.75) is 6.54 Å². The van der Waals surface area contributed by atoms with Gasteiger partial charge in [-0.2, -0.15) is 0 Å². The van der Waals surface area contributed by atoms with Gasteiger partial charge in [-0.25, -0.2) is 9.97 Å². The summed E-state index contributed by atoms with van der Waals surface area (Å²) in [5.41, 5.74) is 2.08. The highest BCUT2D eigenvalue weighted by atomic mass is 32.1. The highest BCUT2D eigenvalue weighted by Crippen LogP contribution is 2.30. The van der Waals surface area contributed by atoms with Crippen LogP contribution in [0.3, 0.4) is 0 Å². The van der Waals surface area contributed by atoms with Crippen molar-refractivity contribution >= 4 is 32.9 Å². The topological polar surface area (TPSA) is 41.0 Å². The third-order valence-corrected chi connectivity index (χ3v) is 5.53. The molecule has 1 N–H and O–H groups in total. The highest BCUT2D eigenvalue weighted by Gasteiger charge is 2.14. The zero-order valence-electron chi connectivity index (χ0n) is 11.6. The van der Waals surface area contributed by atoms with Crippen LogP contribution in [-0.2, 0) is 6.54 Å². The second-order valence-corrected chi connectivity index (χ2v) is 7.11. The molecule has 3 heterocycles. The van der Waals surface area contributed by atoms with Crippen molar-refractivity contribution in [1.29, 1.82) is 0 Å². The lowest BCUT2D eigenvalue weighted by Gasteiger charge is -2.26. The molecular formula is C15H16N4S2. The molecule has 3 aromatic rings. The number of benzene rings is 1. The fraction of sp³-hybridized carbons (Fsp3) is 0.333. The van der Waals surface area contributed by atoms with Crippen LogP contribution in [0.1, 0.15) is 5.01 Å². The lowest BCUT2D eigenvalue weighted by atomic mass is 10.3. The molecule has 0 unspecified atom stereocenters. The SMILES string of the molecule is c1ccc2sc(-c3csc(CN4CCNCC4)n3)nc2c1. The lowest BCUT2D eigenvalue weighted by Crippen LogP contribution is -2.42. The van der Waals surface area contributed by atoms with Crippen molar-refractivity contribution in [2.24, 2.45) is 0 Å². The van der Waals surface area contributed by atoms with E-state index < -0.39 is 0 Å². The minimum atomic E-state index is 0.956. The van der Waals surface area contributed by atoms with Crippen LogP contribution in [0.25, 0.3) is 20.9 Å². The van der Waals surface area contributed by atoms with Crippen LogP contribution >= 0.6 is 22.7 Å². The van der Waals surface area contributed by atoms with E-state index in [1.54, 1.807) is 22.7 Å². The maximum absolute atomic E-state index is 4.77. The maximum atomic E-state index is 4.77. The average Bonchev–Trinajstić information content (AvgIpc) is 3.14. The molecule has 1 fully saturated rings. The number of nitrogens with one attached hydrogen (secondary N) is 1. The fourth-order valence-electron chi connectivity index (χ4n) is 2.52. The Hall–Kier alpha value is -1.34. The normalized spacial score (nSPS) is 16.6. The van der Waals surface area contributed by atoms with Gasteiger partial charge in [-0.05, 0) is 12.1 Å². The van der Waals surface area contributed by atoms with Crippen molar-refractivity contribution < 1.29 is 0 Å². The third kappa shape index (κ3) is 2.85. The summed E-state index contributed by atoms with van der Waals surface area (Å²) >= 11 is 3.46. The number of rotatable bonds is 3. The Morgan fingerprint density at radius 1 is 1.14 bits per heavy atom. The molecule has 4 rings (SSSR count). The van der Waals surface area contributed by atoms with E-state index in [-0.39, 0.29) is 0 Å². The number of nitrogens with zero attached hydrogens (tertiary/aromatic N) is 3. The van der Waals surface area contributed by atoms with Gasteiger partial charge in [0.05, 0.1) is 16.8 Å². The highest BCUT2D eigenvalue weighted by molar-refractivity contribution is 7.21. The average molecular weight is 316 g/mol. The summed E-state index contributed by atoms with van der Waals surface area (Å²) < 4.78 is 1.23. The molecule has 0 radical (unpaired) electrons. The van der Waals surface area contributed by atoms with E-state index in [0.717, 1.165) is 48.9 Å². The molecule has 1 aliphatic rings. The summed E-state index contributed by atoms with van der Waals surface area (Å²) in [6.07, 6.45) is 0. The fourth-order valence-corrected chi connectivity index (χ4v) is 4.35. The quantitative estimate of drug-likeness (QED) is 0.807. The zero-order chi connectivity index (χ0) is 14.1. The molecule has 0 saturated carbocycles. The van der Waals surface area contributed by atoms with Crippen LogP contribution in [0.2, 0.25) is 0 Å². The van der Waals surface area contributed by atoms with Crippen LogP contribution in [0, 0.1) is 0 Å². The third-order valence-electron chi connectivity index (χ3n) is 3.63. The molecule has 0 bridgehead atoms. The molecule has 0 spiro atoms. The van der Waals surface area contributed by atoms with Crippen molar-refractivity contribution in [1.82, 2.24) is 20.2 Å². The van der Waals surface area contributed by atoms with Crippen molar-refractivity contribution in [3.05, 3.63) is 34.7 Å². The first-order valence-corrected chi connectivity index (χ1v) is 8.81. The van der Waals surface area contributed by atoms with Crippen LogP contribution in [0.15, 0.2) is 29.6 Å². The molecule has 21 heavy (non-hydrogen) atoms. The predicted molar refractivity (Wildman–Crippen MR) is 88.9 cm³/mol. The Morgan fingerprint density at radius 3 is 2.86 bits per heavy atom. The van der Waals surface area contributed by atoms with Gasteiger partial charge >= 0.3 is 0 Å². The maximum Gasteiger partial charge on any atom is 0.143 e. The molecule has 4 nitrogen and oxygen atoms in total. The monoisotopic (exact) mass is 316 g/mol. The van der Waals surface area contributed by atoms with E-state index >= 15 is 0 Å². The second kappa shape index (κ2) is 5.81. The number of hydrogen-bond acceptors (Lipinski definition) is 6. The van der Waals surface area contributed by atoms with Crippen LogP contribution in [0.5, 0.6) is 0 Å². The largest absolute Gasteiger partial charge is 0.314 e. The molecule has 0 amide bonds. The van der Waals surface area contributed by atoms with Crippen LogP contribution in [-0.4, -0.2) is 41.0 Å². The van der Waals surface area contributed by atoms with E-state index in [1.165, 1.54) is 9.71 Å². The first-order valence-electron chi connectivity index (χ1n) is 7.12. The summed E-state index contributed by atoms with van der Waals surface area (Å²) in [5.74, 6) is 0. The number of piperazine rings is 1. The lowest BCUT2D eigenvalue weighted by molar-refractivity contribution is 0.233. The second-order valence-electron chi connectivity index (χ2n) is 5.14. The van der Waals surface area contributed by atoms with Crippen molar-refractivity contribution in [3.63, 3.8) is 0 Å².